The summed E-state index contributed by atoms with van der Waals surface area (Å²) in [5.74, 6) is 0.0346. The molecular weight excluding hydrogens is 189 g/mol. The Hall–Kier alpha value is -1.29. The molecule has 15 heavy (non-hydrogen) atoms. The van der Waals surface area contributed by atoms with Crippen LogP contribution in [0.4, 0.5) is 5.69 Å². The summed E-state index contributed by atoms with van der Waals surface area (Å²) in [6, 6.07) is 5.82. The Bertz CT molecular complexity index is 390. The molecule has 1 heterocycles. The summed E-state index contributed by atoms with van der Waals surface area (Å²) >= 11 is 0. The summed E-state index contributed by atoms with van der Waals surface area (Å²) < 4.78 is 5.18. The summed E-state index contributed by atoms with van der Waals surface area (Å²) in [5, 5.41) is 2.86. The van der Waals surface area contributed by atoms with E-state index >= 15 is 0 Å². The fraction of sp³-hybridized carbons (Fsp3) is 0.364. The number of hydrogen-bond acceptors (Lipinski definition) is 2. The van der Waals surface area contributed by atoms with Crippen LogP contribution in [0.15, 0.2) is 18.2 Å². The van der Waals surface area contributed by atoms with Gasteiger partial charge in [-0.2, -0.15) is 0 Å². The second-order valence-electron chi connectivity index (χ2n) is 3.99. The van der Waals surface area contributed by atoms with Crippen molar-refractivity contribution in [2.24, 2.45) is 5.92 Å². The molecule has 4 heteroatoms. The number of anilines is 1. The van der Waals surface area contributed by atoms with Crippen LogP contribution in [0.25, 0.3) is 0 Å². The standard InChI is InChI=1S/C11H13BNO2/c1-7(2)11(14)13-9-4-3-8-6-15-12-10(8)5-9/h3-5,7H,6H2,1-2H3,(H,13,14). The molecule has 1 radical (unpaired) electrons. The van der Waals surface area contributed by atoms with E-state index in [9.17, 15) is 4.79 Å². The number of hydrogen-bond donors (Lipinski definition) is 1. The molecule has 2 rings (SSSR count). The van der Waals surface area contributed by atoms with Crippen LogP contribution in [0, 0.1) is 5.92 Å². The lowest BCUT2D eigenvalue weighted by atomic mass is 9.87. The van der Waals surface area contributed by atoms with Crippen LogP contribution in [0.2, 0.25) is 0 Å². The van der Waals surface area contributed by atoms with Gasteiger partial charge >= 0.3 is 7.48 Å². The molecule has 0 fully saturated rings. The van der Waals surface area contributed by atoms with E-state index in [1.165, 1.54) is 0 Å². The van der Waals surface area contributed by atoms with E-state index in [1.54, 1.807) is 7.48 Å². The molecule has 0 unspecified atom stereocenters. The Morgan fingerprint density at radius 3 is 3.07 bits per heavy atom. The fourth-order valence-electron chi connectivity index (χ4n) is 1.42. The fourth-order valence-corrected chi connectivity index (χ4v) is 1.42. The van der Waals surface area contributed by atoms with Gasteiger partial charge in [-0.15, -0.1) is 0 Å². The molecule has 1 aromatic carbocycles. The number of amides is 1. The molecule has 77 valence electrons. The van der Waals surface area contributed by atoms with Gasteiger partial charge in [0.2, 0.25) is 5.91 Å². The SMILES string of the molecule is CC(C)C(=O)Nc1ccc2c(c1)[B]OC2. The first-order valence-electron chi connectivity index (χ1n) is 5.05. The molecule has 1 amide bonds. The van der Waals surface area contributed by atoms with Crippen molar-refractivity contribution in [2.75, 3.05) is 5.32 Å². The van der Waals surface area contributed by atoms with Gasteiger partial charge in [0.1, 0.15) is 0 Å². The number of carbonyl (C=O) groups excluding carboxylic acids is 1. The van der Waals surface area contributed by atoms with Crippen LogP contribution < -0.4 is 10.8 Å². The van der Waals surface area contributed by atoms with E-state index in [4.69, 9.17) is 4.65 Å². The highest BCUT2D eigenvalue weighted by Crippen LogP contribution is 2.12. The highest BCUT2D eigenvalue weighted by Gasteiger charge is 2.14. The van der Waals surface area contributed by atoms with E-state index in [1.807, 2.05) is 32.0 Å². The molecule has 0 saturated heterocycles. The van der Waals surface area contributed by atoms with Gasteiger partial charge in [-0.25, -0.2) is 0 Å². The average Bonchev–Trinajstić information content (AvgIpc) is 2.64. The summed E-state index contributed by atoms with van der Waals surface area (Å²) in [5.41, 5.74) is 3.04. The molecule has 3 nitrogen and oxygen atoms in total. The zero-order valence-electron chi connectivity index (χ0n) is 8.91. The Kier molecular flexibility index (Phi) is 2.78. The van der Waals surface area contributed by atoms with E-state index in [0.29, 0.717) is 6.61 Å². The van der Waals surface area contributed by atoms with Crippen molar-refractivity contribution < 1.29 is 9.45 Å². The van der Waals surface area contributed by atoms with Crippen molar-refractivity contribution in [3.63, 3.8) is 0 Å². The van der Waals surface area contributed by atoms with Crippen molar-refractivity contribution in [1.82, 2.24) is 0 Å². The van der Waals surface area contributed by atoms with E-state index in [-0.39, 0.29) is 11.8 Å². The van der Waals surface area contributed by atoms with Crippen LogP contribution in [0.5, 0.6) is 0 Å². The summed E-state index contributed by atoms with van der Waals surface area (Å²) in [7, 11) is 1.72. The second kappa shape index (κ2) is 4.07. The van der Waals surface area contributed by atoms with Gasteiger partial charge in [-0.05, 0) is 23.2 Å². The van der Waals surface area contributed by atoms with Crippen LogP contribution in [-0.2, 0) is 16.1 Å². The summed E-state index contributed by atoms with van der Waals surface area (Å²) in [6.45, 7) is 4.38. The molecule has 0 saturated carbocycles. The maximum atomic E-state index is 11.5. The zero-order chi connectivity index (χ0) is 10.8. The third-order valence-electron chi connectivity index (χ3n) is 2.39. The summed E-state index contributed by atoms with van der Waals surface area (Å²) in [4.78, 5) is 11.5. The molecule has 0 atom stereocenters. The molecule has 1 aliphatic heterocycles. The first kappa shape index (κ1) is 10.2. The molecule has 0 aromatic heterocycles. The highest BCUT2D eigenvalue weighted by atomic mass is 16.4. The van der Waals surface area contributed by atoms with Crippen LogP contribution in [0.1, 0.15) is 19.4 Å². The van der Waals surface area contributed by atoms with Crippen molar-refractivity contribution >= 4 is 24.5 Å². The Morgan fingerprint density at radius 1 is 1.53 bits per heavy atom. The first-order chi connectivity index (χ1) is 7.16. The predicted octanol–water partition coefficient (Wildman–Crippen LogP) is 1.06. The van der Waals surface area contributed by atoms with Gasteiger partial charge in [-0.3, -0.25) is 4.79 Å². The smallest absolute Gasteiger partial charge is 0.330 e. The number of rotatable bonds is 2. The third-order valence-corrected chi connectivity index (χ3v) is 2.39. The monoisotopic (exact) mass is 202 g/mol. The minimum absolute atomic E-state index is 0.00140. The molecule has 1 aliphatic rings. The van der Waals surface area contributed by atoms with Crippen LogP contribution >= 0.6 is 0 Å². The predicted molar refractivity (Wildman–Crippen MR) is 60.1 cm³/mol. The molecule has 0 spiro atoms. The highest BCUT2D eigenvalue weighted by molar-refractivity contribution is 6.49. The first-order valence-corrected chi connectivity index (χ1v) is 5.05. The quantitative estimate of drug-likeness (QED) is 0.728. The number of fused-ring (bicyclic) bond motifs is 1. The van der Waals surface area contributed by atoms with Crippen molar-refractivity contribution in [2.45, 2.75) is 20.5 Å². The van der Waals surface area contributed by atoms with Gasteiger partial charge in [0.15, 0.2) is 0 Å². The average molecular weight is 202 g/mol. The van der Waals surface area contributed by atoms with E-state index < -0.39 is 0 Å². The van der Waals surface area contributed by atoms with Gasteiger partial charge < -0.3 is 9.97 Å². The van der Waals surface area contributed by atoms with Gasteiger partial charge in [0.25, 0.3) is 0 Å². The van der Waals surface area contributed by atoms with E-state index in [0.717, 1.165) is 16.7 Å². The van der Waals surface area contributed by atoms with Crippen molar-refractivity contribution in [3.05, 3.63) is 23.8 Å². The molecule has 0 bridgehead atoms. The summed E-state index contributed by atoms with van der Waals surface area (Å²) in [6.07, 6.45) is 0. The topological polar surface area (TPSA) is 38.3 Å². The van der Waals surface area contributed by atoms with Gasteiger partial charge in [0.05, 0.1) is 6.61 Å². The minimum atomic E-state index is -0.00140. The lowest BCUT2D eigenvalue weighted by Gasteiger charge is -2.08. The lowest BCUT2D eigenvalue weighted by molar-refractivity contribution is -0.118. The third kappa shape index (κ3) is 2.21. The number of carbonyl (C=O) groups is 1. The zero-order valence-corrected chi connectivity index (χ0v) is 8.91. The number of nitrogens with one attached hydrogen (secondary N) is 1. The minimum Gasteiger partial charge on any atom is -0.430 e. The van der Waals surface area contributed by atoms with Crippen LogP contribution in [0.3, 0.4) is 0 Å². The normalized spacial score (nSPS) is 13.5. The Balaban J connectivity index is 2.13. The second-order valence-corrected chi connectivity index (χ2v) is 3.99. The molecule has 0 aliphatic carbocycles. The Labute approximate surface area is 90.1 Å². The molecule has 1 aromatic rings. The van der Waals surface area contributed by atoms with Crippen molar-refractivity contribution in [3.8, 4) is 0 Å². The van der Waals surface area contributed by atoms with Gasteiger partial charge in [-0.1, -0.05) is 19.9 Å². The van der Waals surface area contributed by atoms with Crippen molar-refractivity contribution in [1.29, 1.82) is 0 Å². The maximum Gasteiger partial charge on any atom is 0.330 e. The number of benzene rings is 1. The largest absolute Gasteiger partial charge is 0.430 e. The molecular formula is C11H13BNO2. The lowest BCUT2D eigenvalue weighted by Crippen LogP contribution is -2.20. The maximum absolute atomic E-state index is 11.5. The van der Waals surface area contributed by atoms with Gasteiger partial charge in [0, 0.05) is 11.6 Å². The Morgan fingerprint density at radius 2 is 2.33 bits per heavy atom. The van der Waals surface area contributed by atoms with Crippen LogP contribution in [-0.4, -0.2) is 13.4 Å². The van der Waals surface area contributed by atoms with E-state index in [2.05, 4.69) is 5.32 Å². The molecule has 1 N–H and O–H groups in total.